The van der Waals surface area contributed by atoms with Gasteiger partial charge in [-0.2, -0.15) is 0 Å². The van der Waals surface area contributed by atoms with Crippen molar-refractivity contribution in [2.75, 3.05) is 19.7 Å². The van der Waals surface area contributed by atoms with Gasteiger partial charge >= 0.3 is 0 Å². The van der Waals surface area contributed by atoms with Gasteiger partial charge in [-0.05, 0) is 30.9 Å². The van der Waals surface area contributed by atoms with E-state index in [1.54, 1.807) is 0 Å². The fourth-order valence-corrected chi connectivity index (χ4v) is 2.55. The predicted molar refractivity (Wildman–Crippen MR) is 77.4 cm³/mol. The quantitative estimate of drug-likeness (QED) is 0.904. The third-order valence-electron chi connectivity index (χ3n) is 4.02. The van der Waals surface area contributed by atoms with Crippen LogP contribution >= 0.6 is 0 Å². The van der Waals surface area contributed by atoms with Crippen LogP contribution in [0, 0.1) is 6.92 Å². The average Bonchev–Trinajstić information content (AvgIpc) is 3.26. The molecule has 1 saturated carbocycles. The highest BCUT2D eigenvalue weighted by Crippen LogP contribution is 2.20. The number of morpholine rings is 1. The van der Waals surface area contributed by atoms with E-state index < -0.39 is 0 Å². The Bertz CT molecular complexity index is 485. The van der Waals surface area contributed by atoms with Crippen molar-refractivity contribution >= 4 is 5.91 Å². The molecule has 1 heterocycles. The fraction of sp³-hybridized carbons (Fsp3) is 0.562. The molecule has 1 aromatic carbocycles. The zero-order chi connectivity index (χ0) is 13.9. The van der Waals surface area contributed by atoms with Crippen LogP contribution in [-0.4, -0.2) is 42.6 Å². The zero-order valence-electron chi connectivity index (χ0n) is 12.0. The Kier molecular flexibility index (Phi) is 4.03. The van der Waals surface area contributed by atoms with E-state index in [1.807, 2.05) is 0 Å². The molecular weight excluding hydrogens is 252 g/mol. The minimum absolute atomic E-state index is 0.0574. The van der Waals surface area contributed by atoms with Crippen molar-refractivity contribution in [2.45, 2.75) is 38.5 Å². The number of hydrogen-bond donors (Lipinski definition) is 1. The Labute approximate surface area is 120 Å². The van der Waals surface area contributed by atoms with Gasteiger partial charge in [0.05, 0.1) is 6.61 Å². The summed E-state index contributed by atoms with van der Waals surface area (Å²) in [6, 6.07) is 8.82. The van der Waals surface area contributed by atoms with Crippen molar-refractivity contribution in [2.24, 2.45) is 0 Å². The highest BCUT2D eigenvalue weighted by atomic mass is 16.5. The number of nitrogens with one attached hydrogen (secondary N) is 1. The maximum Gasteiger partial charge on any atom is 0.250 e. The summed E-state index contributed by atoms with van der Waals surface area (Å²) in [6.07, 6.45) is 1.92. The second-order valence-electron chi connectivity index (χ2n) is 5.80. The molecule has 1 unspecified atom stereocenters. The first-order valence-electron chi connectivity index (χ1n) is 7.41. The molecule has 1 amide bonds. The van der Waals surface area contributed by atoms with Crippen molar-refractivity contribution in [3.8, 4) is 0 Å². The van der Waals surface area contributed by atoms with Gasteiger partial charge in [-0.1, -0.05) is 24.3 Å². The predicted octanol–water partition coefficient (Wildman–Crippen LogP) is 1.47. The SMILES string of the molecule is Cc1ccccc1CN1CCOC(C(=O)NC2CC2)C1. The molecule has 0 bridgehead atoms. The molecule has 1 N–H and O–H groups in total. The zero-order valence-corrected chi connectivity index (χ0v) is 12.0. The normalized spacial score (nSPS) is 23.6. The second-order valence-corrected chi connectivity index (χ2v) is 5.80. The molecule has 1 aliphatic heterocycles. The van der Waals surface area contributed by atoms with Gasteiger partial charge in [0.15, 0.2) is 0 Å². The largest absolute Gasteiger partial charge is 0.366 e. The van der Waals surface area contributed by atoms with Crippen LogP contribution in [0.15, 0.2) is 24.3 Å². The monoisotopic (exact) mass is 274 g/mol. The van der Waals surface area contributed by atoms with Gasteiger partial charge in [0, 0.05) is 25.7 Å². The molecule has 0 aromatic heterocycles. The van der Waals surface area contributed by atoms with Gasteiger partial charge in [-0.25, -0.2) is 0 Å². The van der Waals surface area contributed by atoms with Gasteiger partial charge < -0.3 is 10.1 Å². The number of nitrogens with zero attached hydrogens (tertiary/aromatic N) is 1. The molecule has 4 heteroatoms. The molecule has 1 aliphatic carbocycles. The second kappa shape index (κ2) is 5.94. The van der Waals surface area contributed by atoms with Crippen LogP contribution in [-0.2, 0) is 16.1 Å². The summed E-state index contributed by atoms with van der Waals surface area (Å²) in [5, 5.41) is 3.03. The number of rotatable bonds is 4. The molecule has 3 rings (SSSR count). The first-order valence-corrected chi connectivity index (χ1v) is 7.41. The maximum atomic E-state index is 12.1. The van der Waals surface area contributed by atoms with Crippen molar-refractivity contribution in [1.29, 1.82) is 0 Å². The van der Waals surface area contributed by atoms with Crippen molar-refractivity contribution in [1.82, 2.24) is 10.2 Å². The van der Waals surface area contributed by atoms with Gasteiger partial charge in [0.1, 0.15) is 6.10 Å². The summed E-state index contributed by atoms with van der Waals surface area (Å²) in [7, 11) is 0. The maximum absolute atomic E-state index is 12.1. The fourth-order valence-electron chi connectivity index (χ4n) is 2.55. The van der Waals surface area contributed by atoms with Gasteiger partial charge in [0.2, 0.25) is 0 Å². The van der Waals surface area contributed by atoms with E-state index in [1.165, 1.54) is 11.1 Å². The summed E-state index contributed by atoms with van der Waals surface area (Å²) >= 11 is 0. The van der Waals surface area contributed by atoms with E-state index >= 15 is 0 Å². The summed E-state index contributed by atoms with van der Waals surface area (Å²) in [5.74, 6) is 0.0574. The Hall–Kier alpha value is -1.39. The summed E-state index contributed by atoms with van der Waals surface area (Å²) in [6.45, 7) is 5.24. The Morgan fingerprint density at radius 1 is 1.40 bits per heavy atom. The number of aryl methyl sites for hydroxylation is 1. The van der Waals surface area contributed by atoms with E-state index in [0.29, 0.717) is 19.2 Å². The van der Waals surface area contributed by atoms with Crippen LogP contribution in [0.4, 0.5) is 0 Å². The van der Waals surface area contributed by atoms with Crippen LogP contribution < -0.4 is 5.32 Å². The van der Waals surface area contributed by atoms with Crippen LogP contribution in [0.25, 0.3) is 0 Å². The van der Waals surface area contributed by atoms with E-state index in [4.69, 9.17) is 4.74 Å². The van der Waals surface area contributed by atoms with Gasteiger partial charge in [0.25, 0.3) is 5.91 Å². The Morgan fingerprint density at radius 2 is 2.20 bits per heavy atom. The van der Waals surface area contributed by atoms with Crippen LogP contribution in [0.5, 0.6) is 0 Å². The number of ether oxygens (including phenoxy) is 1. The number of carbonyl (C=O) groups excluding carboxylic acids is 1. The number of benzene rings is 1. The molecule has 1 aromatic rings. The highest BCUT2D eigenvalue weighted by Gasteiger charge is 2.31. The van der Waals surface area contributed by atoms with E-state index in [-0.39, 0.29) is 12.0 Å². The van der Waals surface area contributed by atoms with Gasteiger partial charge in [-0.3, -0.25) is 9.69 Å². The average molecular weight is 274 g/mol. The Morgan fingerprint density at radius 3 is 2.95 bits per heavy atom. The van der Waals surface area contributed by atoms with Crippen molar-refractivity contribution in [3.63, 3.8) is 0 Å². The lowest BCUT2D eigenvalue weighted by atomic mass is 10.1. The molecule has 20 heavy (non-hydrogen) atoms. The third kappa shape index (κ3) is 3.38. The lowest BCUT2D eigenvalue weighted by Gasteiger charge is -2.32. The van der Waals surface area contributed by atoms with Crippen molar-refractivity contribution < 1.29 is 9.53 Å². The summed E-state index contributed by atoms with van der Waals surface area (Å²) < 4.78 is 5.61. The molecule has 1 saturated heterocycles. The number of amides is 1. The third-order valence-corrected chi connectivity index (χ3v) is 4.02. The van der Waals surface area contributed by atoms with E-state index in [9.17, 15) is 4.79 Å². The molecule has 4 nitrogen and oxygen atoms in total. The molecular formula is C16H22N2O2. The summed E-state index contributed by atoms with van der Waals surface area (Å²) in [5.41, 5.74) is 2.63. The number of hydrogen-bond acceptors (Lipinski definition) is 3. The van der Waals surface area contributed by atoms with E-state index in [0.717, 1.165) is 25.9 Å². The standard InChI is InChI=1S/C16H22N2O2/c1-12-4-2-3-5-13(12)10-18-8-9-20-15(11-18)16(19)17-14-6-7-14/h2-5,14-15H,6-11H2,1H3,(H,17,19). The molecule has 0 spiro atoms. The minimum Gasteiger partial charge on any atom is -0.366 e. The van der Waals surface area contributed by atoms with Crippen molar-refractivity contribution in [3.05, 3.63) is 35.4 Å². The Balaban J connectivity index is 1.57. The molecule has 0 radical (unpaired) electrons. The van der Waals surface area contributed by atoms with Crippen LogP contribution in [0.2, 0.25) is 0 Å². The first kappa shape index (κ1) is 13.6. The lowest BCUT2D eigenvalue weighted by Crippen LogP contribution is -2.49. The molecule has 2 aliphatic rings. The van der Waals surface area contributed by atoms with Crippen LogP contribution in [0.1, 0.15) is 24.0 Å². The lowest BCUT2D eigenvalue weighted by molar-refractivity contribution is -0.138. The smallest absolute Gasteiger partial charge is 0.250 e. The van der Waals surface area contributed by atoms with Gasteiger partial charge in [-0.15, -0.1) is 0 Å². The highest BCUT2D eigenvalue weighted by molar-refractivity contribution is 5.81. The number of carbonyl (C=O) groups is 1. The molecule has 108 valence electrons. The topological polar surface area (TPSA) is 41.6 Å². The minimum atomic E-state index is -0.312. The molecule has 1 atom stereocenters. The van der Waals surface area contributed by atoms with Crippen LogP contribution in [0.3, 0.4) is 0 Å². The van der Waals surface area contributed by atoms with E-state index in [2.05, 4.69) is 41.4 Å². The summed E-state index contributed by atoms with van der Waals surface area (Å²) in [4.78, 5) is 14.4. The molecule has 2 fully saturated rings. The first-order chi connectivity index (χ1) is 9.72.